The van der Waals surface area contributed by atoms with Gasteiger partial charge in [0.15, 0.2) is 0 Å². The second kappa shape index (κ2) is 6.84. The van der Waals surface area contributed by atoms with Gasteiger partial charge in [0.1, 0.15) is 0 Å². The van der Waals surface area contributed by atoms with Gasteiger partial charge in [-0.25, -0.2) is 0 Å². The summed E-state index contributed by atoms with van der Waals surface area (Å²) in [6.45, 7) is 6.83. The quantitative estimate of drug-likeness (QED) is 0.834. The first-order valence-corrected chi connectivity index (χ1v) is 9.54. The van der Waals surface area contributed by atoms with Crippen LogP contribution in [-0.2, 0) is 13.0 Å². The summed E-state index contributed by atoms with van der Waals surface area (Å²) in [5, 5.41) is 0. The first-order chi connectivity index (χ1) is 12.1. The summed E-state index contributed by atoms with van der Waals surface area (Å²) in [7, 11) is 0. The minimum absolute atomic E-state index is 0.0104. The van der Waals surface area contributed by atoms with Gasteiger partial charge in [0.05, 0.1) is 16.0 Å². The molecule has 25 heavy (non-hydrogen) atoms. The number of aromatic amines is 1. The highest BCUT2D eigenvalue weighted by molar-refractivity contribution is 7.80. The molecule has 0 aromatic carbocycles. The molecule has 0 unspecified atom stereocenters. The first kappa shape index (κ1) is 16.7. The second-order valence-electron chi connectivity index (χ2n) is 7.25. The summed E-state index contributed by atoms with van der Waals surface area (Å²) in [5.74, 6) is 0.874. The Hall–Kier alpha value is -1.79. The van der Waals surface area contributed by atoms with Crippen molar-refractivity contribution >= 4 is 28.2 Å². The zero-order valence-corrected chi connectivity index (χ0v) is 15.4. The number of fused-ring (bicyclic) bond motifs is 1. The molecule has 3 heterocycles. The fraction of sp³-hybridized carbons (Fsp3) is 0.526. The molecular weight excluding hydrogens is 332 g/mol. The van der Waals surface area contributed by atoms with E-state index in [1.165, 1.54) is 12.8 Å². The lowest BCUT2D eigenvalue weighted by Crippen LogP contribution is -2.49. The van der Waals surface area contributed by atoms with E-state index in [1.54, 1.807) is 0 Å². The second-order valence-corrected chi connectivity index (χ2v) is 7.72. The minimum atomic E-state index is -0.0104. The fourth-order valence-corrected chi connectivity index (χ4v) is 3.82. The summed E-state index contributed by atoms with van der Waals surface area (Å²) >= 11 is 5.61. The van der Waals surface area contributed by atoms with E-state index in [-0.39, 0.29) is 5.56 Å². The van der Waals surface area contributed by atoms with E-state index in [2.05, 4.69) is 19.8 Å². The van der Waals surface area contributed by atoms with Gasteiger partial charge >= 0.3 is 0 Å². The molecule has 0 spiro atoms. The van der Waals surface area contributed by atoms with E-state index < -0.39 is 0 Å². The Morgan fingerprint density at radius 3 is 2.88 bits per heavy atom. The van der Waals surface area contributed by atoms with Crippen LogP contribution in [0.5, 0.6) is 0 Å². The van der Waals surface area contributed by atoms with Gasteiger partial charge in [-0.3, -0.25) is 14.7 Å². The molecule has 4 rings (SSSR count). The third-order valence-corrected chi connectivity index (χ3v) is 5.57. The number of aromatic nitrogens is 2. The molecule has 132 valence electrons. The van der Waals surface area contributed by atoms with Crippen molar-refractivity contribution in [3.63, 3.8) is 0 Å². The van der Waals surface area contributed by atoms with E-state index in [1.807, 2.05) is 25.3 Å². The first-order valence-electron chi connectivity index (χ1n) is 9.13. The number of thiocarbonyl (C=S) groups is 1. The molecule has 2 fully saturated rings. The molecule has 1 N–H and O–H groups in total. The van der Waals surface area contributed by atoms with Crippen molar-refractivity contribution in [1.29, 1.82) is 0 Å². The monoisotopic (exact) mass is 356 g/mol. The Morgan fingerprint density at radius 2 is 2.16 bits per heavy atom. The number of aryl methyl sites for hydroxylation is 1. The predicted molar refractivity (Wildman–Crippen MR) is 104 cm³/mol. The highest BCUT2D eigenvalue weighted by atomic mass is 32.1. The average molecular weight is 356 g/mol. The summed E-state index contributed by atoms with van der Waals surface area (Å²) in [4.78, 5) is 25.3. The largest absolute Gasteiger partial charge is 0.364 e. The van der Waals surface area contributed by atoms with Crippen LogP contribution in [0.15, 0.2) is 23.1 Å². The van der Waals surface area contributed by atoms with Crippen molar-refractivity contribution in [3.8, 4) is 0 Å². The maximum absolute atomic E-state index is 12.0. The number of nitrogens with one attached hydrogen (secondary N) is 1. The third kappa shape index (κ3) is 3.75. The summed E-state index contributed by atoms with van der Waals surface area (Å²) < 4.78 is 0. The molecule has 0 bridgehead atoms. The third-order valence-electron chi connectivity index (χ3n) is 5.19. The molecule has 2 aliphatic rings. The maximum atomic E-state index is 12.0. The molecule has 1 aliphatic heterocycles. The van der Waals surface area contributed by atoms with Crippen LogP contribution in [0.4, 0.5) is 0 Å². The van der Waals surface area contributed by atoms with E-state index >= 15 is 0 Å². The minimum Gasteiger partial charge on any atom is -0.364 e. The standard InChI is InChI=1S/C19H24N4OS/c1-2-15-8-16-17(21-19(15)24)7-14(9-20-16)10-22-5-6-23(18(25)12-22)11-13-3-4-13/h7-9,13H,2-6,10-12H2,1H3,(H,21,24). The lowest BCUT2D eigenvalue weighted by Gasteiger charge is -2.36. The van der Waals surface area contributed by atoms with E-state index in [0.29, 0.717) is 0 Å². The summed E-state index contributed by atoms with van der Waals surface area (Å²) in [5.41, 5.74) is 3.55. The van der Waals surface area contributed by atoms with Crippen LogP contribution in [0.25, 0.3) is 11.0 Å². The topological polar surface area (TPSA) is 52.2 Å². The van der Waals surface area contributed by atoms with E-state index in [0.717, 1.165) is 72.2 Å². The highest BCUT2D eigenvalue weighted by Crippen LogP contribution is 2.30. The average Bonchev–Trinajstić information content (AvgIpc) is 3.41. The zero-order valence-electron chi connectivity index (χ0n) is 14.6. The molecular formula is C19H24N4OS. The van der Waals surface area contributed by atoms with Crippen LogP contribution >= 0.6 is 12.2 Å². The van der Waals surface area contributed by atoms with Crippen LogP contribution in [0, 0.1) is 5.92 Å². The highest BCUT2D eigenvalue weighted by Gasteiger charge is 2.28. The van der Waals surface area contributed by atoms with Crippen LogP contribution in [0.1, 0.15) is 30.9 Å². The molecule has 2 aromatic rings. The number of H-pyrrole nitrogens is 1. The SMILES string of the molecule is CCc1cc2ncc(CN3CCN(CC4CC4)C(=S)C3)cc2[nH]c1=O. The van der Waals surface area contributed by atoms with Gasteiger partial charge in [-0.05, 0) is 42.9 Å². The Morgan fingerprint density at radius 1 is 1.32 bits per heavy atom. The van der Waals surface area contributed by atoms with Gasteiger partial charge in [0.25, 0.3) is 5.56 Å². The molecule has 0 radical (unpaired) electrons. The smallest absolute Gasteiger partial charge is 0.251 e. The van der Waals surface area contributed by atoms with Crippen LogP contribution < -0.4 is 5.56 Å². The number of nitrogens with zero attached hydrogens (tertiary/aromatic N) is 3. The van der Waals surface area contributed by atoms with E-state index in [9.17, 15) is 4.79 Å². The summed E-state index contributed by atoms with van der Waals surface area (Å²) in [6.07, 6.45) is 5.37. The number of rotatable bonds is 5. The Bertz CT molecular complexity index is 858. The summed E-state index contributed by atoms with van der Waals surface area (Å²) in [6, 6.07) is 3.94. The van der Waals surface area contributed by atoms with Crippen molar-refractivity contribution < 1.29 is 0 Å². The van der Waals surface area contributed by atoms with Crippen LogP contribution in [0.2, 0.25) is 0 Å². The van der Waals surface area contributed by atoms with Gasteiger partial charge in [-0.15, -0.1) is 0 Å². The van der Waals surface area contributed by atoms with E-state index in [4.69, 9.17) is 12.2 Å². The molecule has 0 amide bonds. The maximum Gasteiger partial charge on any atom is 0.251 e. The number of hydrogen-bond donors (Lipinski definition) is 1. The zero-order chi connectivity index (χ0) is 17.4. The van der Waals surface area contributed by atoms with Crippen molar-refractivity contribution in [3.05, 3.63) is 39.8 Å². The van der Waals surface area contributed by atoms with Crippen molar-refractivity contribution in [2.45, 2.75) is 32.7 Å². The van der Waals surface area contributed by atoms with Gasteiger partial charge < -0.3 is 9.88 Å². The van der Waals surface area contributed by atoms with Crippen molar-refractivity contribution in [2.75, 3.05) is 26.2 Å². The molecule has 5 nitrogen and oxygen atoms in total. The van der Waals surface area contributed by atoms with Gasteiger partial charge in [-0.1, -0.05) is 19.1 Å². The number of piperazine rings is 1. The van der Waals surface area contributed by atoms with Gasteiger partial charge in [0.2, 0.25) is 0 Å². The van der Waals surface area contributed by atoms with Gasteiger partial charge in [-0.2, -0.15) is 0 Å². The lowest BCUT2D eigenvalue weighted by atomic mass is 10.1. The normalized spacial score (nSPS) is 18.9. The van der Waals surface area contributed by atoms with Crippen LogP contribution in [0.3, 0.4) is 0 Å². The molecule has 1 saturated heterocycles. The fourth-order valence-electron chi connectivity index (χ4n) is 3.47. The Balaban J connectivity index is 1.45. The number of pyridine rings is 2. The molecule has 0 atom stereocenters. The Labute approximate surface area is 153 Å². The number of hydrogen-bond acceptors (Lipinski definition) is 4. The predicted octanol–water partition coefficient (Wildman–Crippen LogP) is 2.34. The molecule has 2 aromatic heterocycles. The molecule has 6 heteroatoms. The van der Waals surface area contributed by atoms with Crippen molar-refractivity contribution in [2.24, 2.45) is 5.92 Å². The molecule has 1 saturated carbocycles. The van der Waals surface area contributed by atoms with Crippen molar-refractivity contribution in [1.82, 2.24) is 19.8 Å². The molecule has 1 aliphatic carbocycles. The van der Waals surface area contributed by atoms with Gasteiger partial charge in [0, 0.05) is 44.5 Å². The lowest BCUT2D eigenvalue weighted by molar-refractivity contribution is 0.223. The van der Waals surface area contributed by atoms with Crippen LogP contribution in [-0.4, -0.2) is 50.9 Å². The Kier molecular flexibility index (Phi) is 4.56.